The highest BCUT2D eigenvalue weighted by molar-refractivity contribution is 4.70. The third-order valence-electron chi connectivity index (χ3n) is 2.28. The molecule has 116 valence electrons. The summed E-state index contributed by atoms with van der Waals surface area (Å²) >= 11 is 0. The molecule has 0 aliphatic rings. The third-order valence-corrected chi connectivity index (χ3v) is 2.28. The van der Waals surface area contributed by atoms with Crippen LogP contribution in [0.25, 0.3) is 0 Å². The predicted molar refractivity (Wildman–Crippen MR) is 65.0 cm³/mol. The molecule has 0 aromatic heterocycles. The summed E-state index contributed by atoms with van der Waals surface area (Å²) in [5.74, 6) is -4.10. The Bertz CT molecular complexity index is 218. The highest BCUT2D eigenvalue weighted by atomic mass is 19.3. The molecule has 0 saturated heterocycles. The van der Waals surface area contributed by atoms with E-state index in [9.17, 15) is 17.6 Å². The molecule has 3 nitrogen and oxygen atoms in total. The van der Waals surface area contributed by atoms with Crippen molar-refractivity contribution in [2.45, 2.75) is 45.1 Å². The van der Waals surface area contributed by atoms with E-state index in [2.05, 4.69) is 10.1 Å². The zero-order valence-corrected chi connectivity index (χ0v) is 11.4. The van der Waals surface area contributed by atoms with E-state index in [4.69, 9.17) is 4.74 Å². The second-order valence-electron chi connectivity index (χ2n) is 4.30. The molecule has 0 radical (unpaired) electrons. The zero-order valence-electron chi connectivity index (χ0n) is 11.4. The van der Waals surface area contributed by atoms with Crippen LogP contribution >= 0.6 is 0 Å². The summed E-state index contributed by atoms with van der Waals surface area (Å²) in [6.07, 6.45) is -1.98. The van der Waals surface area contributed by atoms with Crippen LogP contribution in [-0.4, -0.2) is 51.4 Å². The average Bonchev–Trinajstić information content (AvgIpc) is 2.35. The summed E-state index contributed by atoms with van der Waals surface area (Å²) in [4.78, 5) is 0. The second-order valence-corrected chi connectivity index (χ2v) is 4.30. The summed E-state index contributed by atoms with van der Waals surface area (Å²) in [5, 5.41) is 3.06. The Hall–Kier alpha value is -0.400. The maximum Gasteiger partial charge on any atom is 0.330 e. The van der Waals surface area contributed by atoms with Crippen molar-refractivity contribution in [2.75, 3.05) is 33.0 Å². The van der Waals surface area contributed by atoms with Gasteiger partial charge in [-0.1, -0.05) is 13.8 Å². The molecule has 1 N–H and O–H groups in total. The van der Waals surface area contributed by atoms with Crippen LogP contribution in [0.2, 0.25) is 0 Å². The van der Waals surface area contributed by atoms with Crippen molar-refractivity contribution in [2.24, 2.45) is 0 Å². The molecular weight excluding hydrogens is 266 g/mol. The van der Waals surface area contributed by atoms with E-state index in [-0.39, 0.29) is 12.6 Å². The number of ether oxygens (including phenoxy) is 2. The molecule has 0 heterocycles. The highest BCUT2D eigenvalue weighted by Crippen LogP contribution is 2.22. The highest BCUT2D eigenvalue weighted by Gasteiger charge is 2.41. The Morgan fingerprint density at radius 2 is 1.68 bits per heavy atom. The van der Waals surface area contributed by atoms with Gasteiger partial charge in [0.2, 0.25) is 0 Å². The maximum atomic E-state index is 12.6. The van der Waals surface area contributed by atoms with Crippen LogP contribution in [-0.2, 0) is 9.47 Å². The van der Waals surface area contributed by atoms with E-state index in [1.807, 2.05) is 13.8 Å². The van der Waals surface area contributed by atoms with Gasteiger partial charge < -0.3 is 14.8 Å². The lowest BCUT2D eigenvalue weighted by atomic mass is 10.3. The molecule has 0 fully saturated rings. The summed E-state index contributed by atoms with van der Waals surface area (Å²) in [6, 6.07) is -0.264. The summed E-state index contributed by atoms with van der Waals surface area (Å²) in [5.41, 5.74) is 0. The molecule has 0 saturated carbocycles. The lowest BCUT2D eigenvalue weighted by Crippen LogP contribution is -2.40. The van der Waals surface area contributed by atoms with Gasteiger partial charge in [0.25, 0.3) is 0 Å². The summed E-state index contributed by atoms with van der Waals surface area (Å²) in [6.45, 7) is 4.13. The van der Waals surface area contributed by atoms with Gasteiger partial charge in [-0.15, -0.1) is 0 Å². The van der Waals surface area contributed by atoms with E-state index in [1.54, 1.807) is 0 Å². The number of rotatable bonds is 12. The molecule has 0 amide bonds. The van der Waals surface area contributed by atoms with Crippen molar-refractivity contribution in [3.63, 3.8) is 0 Å². The van der Waals surface area contributed by atoms with Crippen LogP contribution in [0.3, 0.4) is 0 Å². The van der Waals surface area contributed by atoms with Gasteiger partial charge in [-0.2, -0.15) is 8.78 Å². The molecule has 7 heteroatoms. The molecule has 0 aromatic rings. The minimum Gasteiger partial charge on any atom is -0.380 e. The van der Waals surface area contributed by atoms with Crippen molar-refractivity contribution in [3.8, 4) is 0 Å². The first-order valence-electron chi connectivity index (χ1n) is 6.48. The van der Waals surface area contributed by atoms with Gasteiger partial charge in [0.1, 0.15) is 6.61 Å². The van der Waals surface area contributed by atoms with Crippen LogP contribution in [0.1, 0.15) is 26.7 Å². The van der Waals surface area contributed by atoms with Gasteiger partial charge in [0.05, 0.1) is 19.3 Å². The first kappa shape index (κ1) is 18.6. The zero-order chi connectivity index (χ0) is 14.7. The largest absolute Gasteiger partial charge is 0.380 e. The average molecular weight is 289 g/mol. The number of nitrogens with one attached hydrogen (secondary N) is 1. The van der Waals surface area contributed by atoms with Crippen molar-refractivity contribution in [1.82, 2.24) is 5.32 Å². The van der Waals surface area contributed by atoms with Gasteiger partial charge in [-0.25, -0.2) is 8.78 Å². The van der Waals surface area contributed by atoms with Crippen molar-refractivity contribution in [3.05, 3.63) is 0 Å². The van der Waals surface area contributed by atoms with Gasteiger partial charge in [0, 0.05) is 6.61 Å². The molecular formula is C12H23F4NO2. The number of alkyl halides is 4. The maximum absolute atomic E-state index is 12.6. The summed E-state index contributed by atoms with van der Waals surface area (Å²) in [7, 11) is 0. The number of hydrogen-bond acceptors (Lipinski definition) is 3. The molecule has 0 rings (SSSR count). The molecule has 0 spiro atoms. The van der Waals surface area contributed by atoms with E-state index in [1.165, 1.54) is 0 Å². The Kier molecular flexibility index (Phi) is 10.2. The molecule has 19 heavy (non-hydrogen) atoms. The van der Waals surface area contributed by atoms with Crippen molar-refractivity contribution in [1.29, 1.82) is 0 Å². The Labute approximate surface area is 111 Å². The lowest BCUT2D eigenvalue weighted by Gasteiger charge is -2.21. The van der Waals surface area contributed by atoms with Gasteiger partial charge in [0.15, 0.2) is 0 Å². The quantitative estimate of drug-likeness (QED) is 0.442. The number of halogens is 4. The standard InChI is InChI=1S/C12H23F4NO2/c1-3-5-17-10(7-18-6-4-2)8-19-9-12(15,16)11(13)14/h10-11,17H,3-9H2,1-2H3. The fraction of sp³-hybridized carbons (Fsp3) is 1.00. The first-order chi connectivity index (χ1) is 8.94. The van der Waals surface area contributed by atoms with E-state index >= 15 is 0 Å². The van der Waals surface area contributed by atoms with Crippen molar-refractivity contribution >= 4 is 0 Å². The minimum absolute atomic E-state index is 0.0774. The van der Waals surface area contributed by atoms with Gasteiger partial charge in [-0.3, -0.25) is 0 Å². The van der Waals surface area contributed by atoms with E-state index in [0.29, 0.717) is 19.8 Å². The lowest BCUT2D eigenvalue weighted by molar-refractivity contribution is -0.167. The molecule has 0 aliphatic carbocycles. The Balaban J connectivity index is 3.96. The van der Waals surface area contributed by atoms with Crippen molar-refractivity contribution < 1.29 is 27.0 Å². The predicted octanol–water partition coefficient (Wildman–Crippen LogP) is 2.70. The monoisotopic (exact) mass is 289 g/mol. The normalized spacial score (nSPS) is 14.1. The van der Waals surface area contributed by atoms with Gasteiger partial charge in [-0.05, 0) is 19.4 Å². The molecule has 0 aromatic carbocycles. The number of hydrogen-bond donors (Lipinski definition) is 1. The first-order valence-corrected chi connectivity index (χ1v) is 6.48. The minimum atomic E-state index is -4.10. The van der Waals surface area contributed by atoms with Crippen LogP contribution in [0.15, 0.2) is 0 Å². The molecule has 0 bridgehead atoms. The van der Waals surface area contributed by atoms with Crippen LogP contribution < -0.4 is 5.32 Å². The topological polar surface area (TPSA) is 30.5 Å². The van der Waals surface area contributed by atoms with Crippen LogP contribution in [0, 0.1) is 0 Å². The van der Waals surface area contributed by atoms with Crippen LogP contribution in [0.4, 0.5) is 17.6 Å². The summed E-state index contributed by atoms with van der Waals surface area (Å²) < 4.78 is 59.1. The SMILES string of the molecule is CCCNC(COCCC)COCC(F)(F)C(F)F. The molecule has 1 unspecified atom stereocenters. The molecule has 1 atom stereocenters. The fourth-order valence-corrected chi connectivity index (χ4v) is 1.28. The van der Waals surface area contributed by atoms with Gasteiger partial charge >= 0.3 is 12.3 Å². The molecule has 0 aliphatic heterocycles. The van der Waals surface area contributed by atoms with E-state index in [0.717, 1.165) is 12.8 Å². The fourth-order valence-electron chi connectivity index (χ4n) is 1.28. The second kappa shape index (κ2) is 10.4. The van der Waals surface area contributed by atoms with Crippen LogP contribution in [0.5, 0.6) is 0 Å². The van der Waals surface area contributed by atoms with E-state index < -0.39 is 19.0 Å². The Morgan fingerprint density at radius 1 is 1.05 bits per heavy atom. The smallest absolute Gasteiger partial charge is 0.330 e. The third kappa shape index (κ3) is 9.18. The Morgan fingerprint density at radius 3 is 2.21 bits per heavy atom.